The maximum absolute atomic E-state index is 10.3. The van der Waals surface area contributed by atoms with Gasteiger partial charge in [-0.1, -0.05) is 12.0 Å². The van der Waals surface area contributed by atoms with E-state index in [1.807, 2.05) is 0 Å². The van der Waals surface area contributed by atoms with E-state index in [1.54, 1.807) is 6.07 Å². The van der Waals surface area contributed by atoms with Crippen molar-refractivity contribution in [3.05, 3.63) is 33.9 Å². The Labute approximate surface area is 69.2 Å². The Balaban J connectivity index is 3.35. The standard InChI is InChI=1S/C8H6N2O2/c1-2-6-4-3-5-7(8(6)9)10(11)12/h1,3-5H,9H2. The van der Waals surface area contributed by atoms with Crippen LogP contribution in [0.5, 0.6) is 0 Å². The van der Waals surface area contributed by atoms with Crippen LogP contribution in [-0.4, -0.2) is 4.92 Å². The minimum absolute atomic E-state index is 0.0463. The SMILES string of the molecule is C#Cc1cccc([N+](=O)[O-])c1N. The van der Waals surface area contributed by atoms with Gasteiger partial charge in [0.05, 0.1) is 10.5 Å². The molecule has 0 bridgehead atoms. The van der Waals surface area contributed by atoms with Gasteiger partial charge < -0.3 is 5.73 Å². The number of nitrogens with two attached hydrogens (primary N) is 1. The summed E-state index contributed by atoms with van der Waals surface area (Å²) in [6.07, 6.45) is 5.07. The third kappa shape index (κ3) is 1.20. The van der Waals surface area contributed by atoms with E-state index in [0.717, 1.165) is 0 Å². The van der Waals surface area contributed by atoms with Crippen molar-refractivity contribution in [2.75, 3.05) is 5.73 Å². The van der Waals surface area contributed by atoms with Gasteiger partial charge in [-0.15, -0.1) is 6.42 Å². The molecule has 1 aromatic carbocycles. The zero-order chi connectivity index (χ0) is 9.14. The van der Waals surface area contributed by atoms with Crippen LogP contribution in [0, 0.1) is 22.5 Å². The first-order valence-electron chi connectivity index (χ1n) is 3.16. The minimum atomic E-state index is -0.559. The largest absolute Gasteiger partial charge is 0.392 e. The number of nitro groups is 1. The number of benzene rings is 1. The number of hydrogen-bond donors (Lipinski definition) is 1. The Hall–Kier alpha value is -2.02. The second kappa shape index (κ2) is 2.93. The Morgan fingerprint density at radius 3 is 2.75 bits per heavy atom. The normalized spacial score (nSPS) is 8.92. The minimum Gasteiger partial charge on any atom is -0.392 e. The van der Waals surface area contributed by atoms with E-state index in [9.17, 15) is 10.1 Å². The molecule has 0 saturated carbocycles. The highest BCUT2D eigenvalue weighted by Gasteiger charge is 2.12. The second-order valence-electron chi connectivity index (χ2n) is 2.14. The van der Waals surface area contributed by atoms with Crippen LogP contribution in [0.1, 0.15) is 5.56 Å². The Kier molecular flexibility index (Phi) is 1.97. The lowest BCUT2D eigenvalue weighted by Crippen LogP contribution is -1.97. The molecule has 0 atom stereocenters. The molecule has 0 amide bonds. The van der Waals surface area contributed by atoms with Gasteiger partial charge in [0.15, 0.2) is 0 Å². The molecule has 0 unspecified atom stereocenters. The Bertz CT molecular complexity index is 366. The average Bonchev–Trinajstić information content (AvgIpc) is 2.04. The van der Waals surface area contributed by atoms with Crippen molar-refractivity contribution in [2.45, 2.75) is 0 Å². The molecule has 1 rings (SSSR count). The maximum atomic E-state index is 10.3. The summed E-state index contributed by atoms with van der Waals surface area (Å²) in [7, 11) is 0. The Morgan fingerprint density at radius 2 is 2.25 bits per heavy atom. The summed E-state index contributed by atoms with van der Waals surface area (Å²) in [5.41, 5.74) is 5.66. The van der Waals surface area contributed by atoms with Crippen LogP contribution in [0.2, 0.25) is 0 Å². The van der Waals surface area contributed by atoms with E-state index in [1.165, 1.54) is 12.1 Å². The van der Waals surface area contributed by atoms with E-state index < -0.39 is 4.92 Å². The molecule has 1 aromatic rings. The highest BCUT2D eigenvalue weighted by molar-refractivity contribution is 5.67. The summed E-state index contributed by atoms with van der Waals surface area (Å²) in [5, 5.41) is 10.3. The van der Waals surface area contributed by atoms with Crippen LogP contribution in [0.25, 0.3) is 0 Å². The fraction of sp³-hybridized carbons (Fsp3) is 0. The number of hydrogen-bond acceptors (Lipinski definition) is 3. The first-order valence-corrected chi connectivity index (χ1v) is 3.16. The fourth-order valence-electron chi connectivity index (χ4n) is 0.838. The van der Waals surface area contributed by atoms with E-state index in [-0.39, 0.29) is 11.4 Å². The van der Waals surface area contributed by atoms with Crippen molar-refractivity contribution in [1.29, 1.82) is 0 Å². The van der Waals surface area contributed by atoms with Crippen LogP contribution in [0.3, 0.4) is 0 Å². The van der Waals surface area contributed by atoms with Crippen molar-refractivity contribution in [3.8, 4) is 12.3 Å². The lowest BCUT2D eigenvalue weighted by Gasteiger charge is -1.97. The number of nitrogen functional groups attached to an aromatic ring is 1. The number of nitrogens with zero attached hydrogens (tertiary/aromatic N) is 1. The van der Waals surface area contributed by atoms with Crippen LogP contribution in [-0.2, 0) is 0 Å². The summed E-state index contributed by atoms with van der Waals surface area (Å²) in [4.78, 5) is 9.79. The summed E-state index contributed by atoms with van der Waals surface area (Å²) in [5.74, 6) is 2.26. The molecular weight excluding hydrogens is 156 g/mol. The maximum Gasteiger partial charge on any atom is 0.293 e. The van der Waals surface area contributed by atoms with E-state index in [4.69, 9.17) is 12.2 Å². The van der Waals surface area contributed by atoms with Crippen molar-refractivity contribution in [2.24, 2.45) is 0 Å². The first kappa shape index (κ1) is 8.08. The molecule has 0 heterocycles. The highest BCUT2D eigenvalue weighted by atomic mass is 16.6. The molecule has 0 aliphatic rings. The molecule has 0 radical (unpaired) electrons. The lowest BCUT2D eigenvalue weighted by molar-refractivity contribution is -0.383. The van der Waals surface area contributed by atoms with Crippen molar-refractivity contribution < 1.29 is 4.92 Å². The molecule has 4 heteroatoms. The molecule has 0 spiro atoms. The van der Waals surface area contributed by atoms with E-state index in [0.29, 0.717) is 5.56 Å². The van der Waals surface area contributed by atoms with Gasteiger partial charge in [0, 0.05) is 6.07 Å². The number of terminal acetylenes is 1. The number of rotatable bonds is 1. The monoisotopic (exact) mass is 162 g/mol. The molecule has 0 aromatic heterocycles. The molecule has 4 nitrogen and oxygen atoms in total. The number of para-hydroxylation sites is 1. The van der Waals surface area contributed by atoms with Gasteiger partial charge in [-0.3, -0.25) is 10.1 Å². The van der Waals surface area contributed by atoms with Gasteiger partial charge >= 0.3 is 0 Å². The van der Waals surface area contributed by atoms with Crippen LogP contribution in [0.15, 0.2) is 18.2 Å². The van der Waals surface area contributed by atoms with Crippen molar-refractivity contribution in [1.82, 2.24) is 0 Å². The summed E-state index contributed by atoms with van der Waals surface area (Å²) >= 11 is 0. The molecule has 0 saturated heterocycles. The summed E-state index contributed by atoms with van der Waals surface area (Å²) < 4.78 is 0. The average molecular weight is 162 g/mol. The number of nitro benzene ring substituents is 1. The Morgan fingerprint density at radius 1 is 1.58 bits per heavy atom. The van der Waals surface area contributed by atoms with Crippen LogP contribution < -0.4 is 5.73 Å². The lowest BCUT2D eigenvalue weighted by atomic mass is 10.1. The van der Waals surface area contributed by atoms with Gasteiger partial charge in [0.2, 0.25) is 0 Å². The molecule has 0 aliphatic carbocycles. The summed E-state index contributed by atoms with van der Waals surface area (Å²) in [6, 6.07) is 4.38. The smallest absolute Gasteiger partial charge is 0.293 e. The third-order valence-electron chi connectivity index (χ3n) is 1.44. The van der Waals surface area contributed by atoms with Gasteiger partial charge in [0.1, 0.15) is 5.69 Å². The van der Waals surface area contributed by atoms with Crippen LogP contribution >= 0.6 is 0 Å². The molecular formula is C8H6N2O2. The first-order chi connectivity index (χ1) is 5.66. The zero-order valence-electron chi connectivity index (χ0n) is 6.15. The molecule has 0 aliphatic heterocycles. The van der Waals surface area contributed by atoms with Crippen LogP contribution in [0.4, 0.5) is 11.4 Å². The molecule has 0 fully saturated rings. The predicted molar refractivity (Wildman–Crippen MR) is 45.4 cm³/mol. The fourth-order valence-corrected chi connectivity index (χ4v) is 0.838. The van der Waals surface area contributed by atoms with Crippen molar-refractivity contribution in [3.63, 3.8) is 0 Å². The van der Waals surface area contributed by atoms with Gasteiger partial charge in [-0.25, -0.2) is 0 Å². The third-order valence-corrected chi connectivity index (χ3v) is 1.44. The zero-order valence-corrected chi connectivity index (χ0v) is 6.15. The molecule has 60 valence electrons. The predicted octanol–water partition coefficient (Wildman–Crippen LogP) is 1.16. The van der Waals surface area contributed by atoms with Gasteiger partial charge in [-0.05, 0) is 6.07 Å². The second-order valence-corrected chi connectivity index (χ2v) is 2.14. The van der Waals surface area contributed by atoms with Gasteiger partial charge in [-0.2, -0.15) is 0 Å². The highest BCUT2D eigenvalue weighted by Crippen LogP contribution is 2.23. The van der Waals surface area contributed by atoms with E-state index >= 15 is 0 Å². The number of anilines is 1. The van der Waals surface area contributed by atoms with Gasteiger partial charge in [0.25, 0.3) is 5.69 Å². The van der Waals surface area contributed by atoms with Crippen molar-refractivity contribution >= 4 is 11.4 Å². The summed E-state index contributed by atoms with van der Waals surface area (Å²) in [6.45, 7) is 0. The van der Waals surface area contributed by atoms with E-state index in [2.05, 4.69) is 5.92 Å². The topological polar surface area (TPSA) is 69.2 Å². The molecule has 2 N–H and O–H groups in total. The quantitative estimate of drug-likeness (QED) is 0.291. The molecule has 12 heavy (non-hydrogen) atoms.